The minimum Gasteiger partial charge on any atom is -0.353 e. The zero-order valence-corrected chi connectivity index (χ0v) is 12.6. The van der Waals surface area contributed by atoms with Gasteiger partial charge in [0, 0.05) is 38.6 Å². The molecule has 118 valence electrons. The SMILES string of the molecule is O=CN1CCN(c2ccc(NC(=O)c3cccnc3)cn2)CC1. The largest absolute Gasteiger partial charge is 0.353 e. The molecule has 1 aliphatic rings. The van der Waals surface area contributed by atoms with E-state index in [0.29, 0.717) is 24.3 Å². The Morgan fingerprint density at radius 3 is 2.57 bits per heavy atom. The summed E-state index contributed by atoms with van der Waals surface area (Å²) in [6.07, 6.45) is 5.65. The minimum absolute atomic E-state index is 0.216. The summed E-state index contributed by atoms with van der Waals surface area (Å²) in [6.45, 7) is 2.91. The highest BCUT2D eigenvalue weighted by atomic mass is 16.1. The molecule has 0 radical (unpaired) electrons. The highest BCUT2D eigenvalue weighted by molar-refractivity contribution is 6.03. The van der Waals surface area contributed by atoms with Crippen molar-refractivity contribution in [1.29, 1.82) is 0 Å². The lowest BCUT2D eigenvalue weighted by atomic mass is 10.2. The number of nitrogens with one attached hydrogen (secondary N) is 1. The molecule has 1 aliphatic heterocycles. The molecule has 1 fully saturated rings. The van der Waals surface area contributed by atoms with Crippen molar-refractivity contribution in [2.75, 3.05) is 36.4 Å². The van der Waals surface area contributed by atoms with Gasteiger partial charge in [-0.25, -0.2) is 4.98 Å². The maximum Gasteiger partial charge on any atom is 0.257 e. The van der Waals surface area contributed by atoms with E-state index in [4.69, 9.17) is 0 Å². The number of carbonyl (C=O) groups excluding carboxylic acids is 2. The van der Waals surface area contributed by atoms with Gasteiger partial charge in [-0.05, 0) is 24.3 Å². The van der Waals surface area contributed by atoms with Gasteiger partial charge in [-0.15, -0.1) is 0 Å². The Kier molecular flexibility index (Phi) is 4.46. The summed E-state index contributed by atoms with van der Waals surface area (Å²) < 4.78 is 0. The molecule has 0 spiro atoms. The van der Waals surface area contributed by atoms with Crippen molar-refractivity contribution < 1.29 is 9.59 Å². The Morgan fingerprint density at radius 2 is 1.96 bits per heavy atom. The van der Waals surface area contributed by atoms with Crippen molar-refractivity contribution in [1.82, 2.24) is 14.9 Å². The van der Waals surface area contributed by atoms with Crippen LogP contribution in [0.4, 0.5) is 11.5 Å². The first kappa shape index (κ1) is 15.0. The molecule has 7 heteroatoms. The first-order valence-corrected chi connectivity index (χ1v) is 7.38. The number of piperazine rings is 1. The van der Waals surface area contributed by atoms with E-state index in [1.54, 1.807) is 29.4 Å². The molecule has 7 nitrogen and oxygen atoms in total. The van der Waals surface area contributed by atoms with Gasteiger partial charge in [0.15, 0.2) is 0 Å². The first-order chi connectivity index (χ1) is 11.3. The monoisotopic (exact) mass is 311 g/mol. The third kappa shape index (κ3) is 3.63. The molecule has 3 heterocycles. The van der Waals surface area contributed by atoms with Gasteiger partial charge in [0.1, 0.15) is 5.82 Å². The van der Waals surface area contributed by atoms with Crippen LogP contribution in [0.1, 0.15) is 10.4 Å². The van der Waals surface area contributed by atoms with E-state index in [0.717, 1.165) is 25.3 Å². The van der Waals surface area contributed by atoms with E-state index in [1.165, 1.54) is 6.20 Å². The molecule has 2 amide bonds. The Hall–Kier alpha value is -2.96. The number of aromatic nitrogens is 2. The van der Waals surface area contributed by atoms with Crippen LogP contribution in [0, 0.1) is 0 Å². The van der Waals surface area contributed by atoms with Gasteiger partial charge in [0.2, 0.25) is 6.41 Å². The third-order valence-corrected chi connectivity index (χ3v) is 3.72. The van der Waals surface area contributed by atoms with Gasteiger partial charge in [-0.1, -0.05) is 0 Å². The summed E-state index contributed by atoms with van der Waals surface area (Å²) in [6, 6.07) is 7.12. The molecule has 2 aromatic rings. The summed E-state index contributed by atoms with van der Waals surface area (Å²) >= 11 is 0. The van der Waals surface area contributed by atoms with Crippen molar-refractivity contribution in [3.05, 3.63) is 48.4 Å². The van der Waals surface area contributed by atoms with E-state index in [2.05, 4.69) is 20.2 Å². The van der Waals surface area contributed by atoms with E-state index in [1.807, 2.05) is 12.1 Å². The molecule has 0 unspecified atom stereocenters. The average Bonchev–Trinajstić information content (AvgIpc) is 2.63. The van der Waals surface area contributed by atoms with E-state index >= 15 is 0 Å². The molecule has 0 aromatic carbocycles. The molecule has 0 atom stereocenters. The van der Waals surface area contributed by atoms with Gasteiger partial charge in [-0.2, -0.15) is 0 Å². The topological polar surface area (TPSA) is 78.4 Å². The number of rotatable bonds is 4. The molecule has 0 saturated carbocycles. The van der Waals surface area contributed by atoms with E-state index < -0.39 is 0 Å². The number of carbonyl (C=O) groups is 2. The second-order valence-electron chi connectivity index (χ2n) is 5.23. The Bertz CT molecular complexity index is 667. The van der Waals surface area contributed by atoms with Gasteiger partial charge in [0.05, 0.1) is 17.4 Å². The molecule has 1 saturated heterocycles. The third-order valence-electron chi connectivity index (χ3n) is 3.72. The molecule has 0 aliphatic carbocycles. The maximum atomic E-state index is 12.0. The smallest absolute Gasteiger partial charge is 0.257 e. The van der Waals surface area contributed by atoms with Crippen LogP contribution in [0.5, 0.6) is 0 Å². The summed E-state index contributed by atoms with van der Waals surface area (Å²) in [7, 11) is 0. The normalized spacial score (nSPS) is 14.4. The molecule has 2 aromatic heterocycles. The maximum absolute atomic E-state index is 12.0. The highest BCUT2D eigenvalue weighted by Gasteiger charge is 2.16. The summed E-state index contributed by atoms with van der Waals surface area (Å²) in [4.78, 5) is 34.9. The van der Waals surface area contributed by atoms with Crippen LogP contribution >= 0.6 is 0 Å². The molecule has 0 bridgehead atoms. The van der Waals surface area contributed by atoms with E-state index in [9.17, 15) is 9.59 Å². The van der Waals surface area contributed by atoms with Crippen LogP contribution in [0.15, 0.2) is 42.9 Å². The summed E-state index contributed by atoms with van der Waals surface area (Å²) in [5.41, 5.74) is 1.13. The Balaban J connectivity index is 1.61. The van der Waals surface area contributed by atoms with Crippen molar-refractivity contribution in [3.8, 4) is 0 Å². The summed E-state index contributed by atoms with van der Waals surface area (Å²) in [5, 5.41) is 2.79. The zero-order chi connectivity index (χ0) is 16.1. The fourth-order valence-electron chi connectivity index (χ4n) is 2.40. The zero-order valence-electron chi connectivity index (χ0n) is 12.6. The Morgan fingerprint density at radius 1 is 1.13 bits per heavy atom. The molecular formula is C16H17N5O2. The van der Waals surface area contributed by atoms with Crippen molar-refractivity contribution in [2.45, 2.75) is 0 Å². The quantitative estimate of drug-likeness (QED) is 0.853. The molecule has 23 heavy (non-hydrogen) atoms. The predicted molar refractivity (Wildman–Crippen MR) is 86.3 cm³/mol. The molecule has 3 rings (SSSR count). The van der Waals surface area contributed by atoms with Crippen molar-refractivity contribution in [2.24, 2.45) is 0 Å². The highest BCUT2D eigenvalue weighted by Crippen LogP contribution is 2.16. The number of anilines is 2. The lowest BCUT2D eigenvalue weighted by molar-refractivity contribution is -0.118. The second-order valence-corrected chi connectivity index (χ2v) is 5.23. The number of amides is 2. The first-order valence-electron chi connectivity index (χ1n) is 7.38. The van der Waals surface area contributed by atoms with Gasteiger partial charge >= 0.3 is 0 Å². The number of nitrogens with zero attached hydrogens (tertiary/aromatic N) is 4. The van der Waals surface area contributed by atoms with Gasteiger partial charge < -0.3 is 15.1 Å². The van der Waals surface area contributed by atoms with Crippen LogP contribution in [-0.2, 0) is 4.79 Å². The lowest BCUT2D eigenvalue weighted by Crippen LogP contribution is -2.46. The second kappa shape index (κ2) is 6.87. The van der Waals surface area contributed by atoms with Crippen molar-refractivity contribution >= 4 is 23.8 Å². The predicted octanol–water partition coefficient (Wildman–Crippen LogP) is 1.01. The fourth-order valence-corrected chi connectivity index (χ4v) is 2.40. The van der Waals surface area contributed by atoms with E-state index in [-0.39, 0.29) is 5.91 Å². The molecular weight excluding hydrogens is 294 g/mol. The van der Waals surface area contributed by atoms with Crippen LogP contribution in [0.2, 0.25) is 0 Å². The van der Waals surface area contributed by atoms with Gasteiger partial charge in [-0.3, -0.25) is 14.6 Å². The minimum atomic E-state index is -0.216. The number of hydrogen-bond donors (Lipinski definition) is 1. The summed E-state index contributed by atoms with van der Waals surface area (Å²) in [5.74, 6) is 0.627. The van der Waals surface area contributed by atoms with Gasteiger partial charge in [0.25, 0.3) is 5.91 Å². The number of hydrogen-bond acceptors (Lipinski definition) is 5. The number of pyridine rings is 2. The average molecular weight is 311 g/mol. The van der Waals surface area contributed by atoms with Crippen LogP contribution in [0.25, 0.3) is 0 Å². The van der Waals surface area contributed by atoms with Crippen LogP contribution in [-0.4, -0.2) is 53.4 Å². The standard InChI is InChI=1S/C16H17N5O2/c22-12-20-6-8-21(9-7-20)15-4-3-14(11-18-15)19-16(23)13-2-1-5-17-10-13/h1-5,10-12H,6-9H2,(H,19,23). The Labute approximate surface area is 134 Å². The lowest BCUT2D eigenvalue weighted by Gasteiger charge is -2.33. The van der Waals surface area contributed by atoms with Crippen LogP contribution in [0.3, 0.4) is 0 Å². The van der Waals surface area contributed by atoms with Crippen LogP contribution < -0.4 is 10.2 Å². The molecule has 1 N–H and O–H groups in total. The van der Waals surface area contributed by atoms with Crippen molar-refractivity contribution in [3.63, 3.8) is 0 Å². The fraction of sp³-hybridized carbons (Fsp3) is 0.250.